The fourth-order valence-electron chi connectivity index (χ4n) is 2.78. The molecule has 4 heteroatoms. The van der Waals surface area contributed by atoms with Crippen LogP contribution in [0.25, 0.3) is 0 Å². The molecule has 1 heterocycles. The molecule has 3 unspecified atom stereocenters. The number of nitrogens with zero attached hydrogens (tertiary/aromatic N) is 1. The molecule has 3 N–H and O–H groups in total. The Kier molecular flexibility index (Phi) is 4.65. The van der Waals surface area contributed by atoms with E-state index in [0.717, 1.165) is 18.5 Å². The van der Waals surface area contributed by atoms with Gasteiger partial charge >= 0.3 is 0 Å². The number of nitrogens with two attached hydrogens (primary N) is 1. The summed E-state index contributed by atoms with van der Waals surface area (Å²) in [6, 6.07) is 6.64. The molecule has 0 radical (unpaired) electrons. The summed E-state index contributed by atoms with van der Waals surface area (Å²) in [6.45, 7) is 5.08. The highest BCUT2D eigenvalue weighted by Crippen LogP contribution is 2.22. The predicted octanol–water partition coefficient (Wildman–Crippen LogP) is 1.91. The summed E-state index contributed by atoms with van der Waals surface area (Å²) >= 11 is 0. The fourth-order valence-corrected chi connectivity index (χ4v) is 2.78. The first kappa shape index (κ1) is 14.9. The van der Waals surface area contributed by atoms with E-state index < -0.39 is 6.04 Å². The Balaban J connectivity index is 1.99. The Morgan fingerprint density at radius 2 is 2.00 bits per heavy atom. The maximum atomic E-state index is 12.5. The zero-order valence-corrected chi connectivity index (χ0v) is 12.2. The quantitative estimate of drug-likeness (QED) is 0.886. The average Bonchev–Trinajstić information content (AvgIpc) is 2.43. The topological polar surface area (TPSA) is 66.6 Å². The van der Waals surface area contributed by atoms with Crippen LogP contribution in [0.1, 0.15) is 32.3 Å². The highest BCUT2D eigenvalue weighted by molar-refractivity contribution is 5.82. The molecule has 20 heavy (non-hydrogen) atoms. The van der Waals surface area contributed by atoms with Gasteiger partial charge in [-0.15, -0.1) is 0 Å². The second kappa shape index (κ2) is 6.27. The van der Waals surface area contributed by atoms with Crippen molar-refractivity contribution >= 4 is 5.91 Å². The van der Waals surface area contributed by atoms with Crippen LogP contribution >= 0.6 is 0 Å². The normalized spacial score (nSPS) is 24.4. The first-order chi connectivity index (χ1) is 9.47. The van der Waals surface area contributed by atoms with Crippen LogP contribution in [0.3, 0.4) is 0 Å². The summed E-state index contributed by atoms with van der Waals surface area (Å²) < 4.78 is 0. The number of hydrogen-bond donors (Lipinski definition) is 2. The third kappa shape index (κ3) is 3.51. The summed E-state index contributed by atoms with van der Waals surface area (Å²) in [5, 5.41) is 9.26. The second-order valence-electron chi connectivity index (χ2n) is 6.00. The van der Waals surface area contributed by atoms with Crippen molar-refractivity contribution in [3.05, 3.63) is 29.8 Å². The maximum Gasteiger partial charge on any atom is 0.240 e. The van der Waals surface area contributed by atoms with Crippen LogP contribution in [0.4, 0.5) is 0 Å². The third-order valence-electron chi connectivity index (χ3n) is 4.11. The van der Waals surface area contributed by atoms with E-state index >= 15 is 0 Å². The van der Waals surface area contributed by atoms with Crippen LogP contribution in [0.2, 0.25) is 0 Å². The van der Waals surface area contributed by atoms with Gasteiger partial charge in [0.15, 0.2) is 0 Å². The van der Waals surface area contributed by atoms with Gasteiger partial charge in [0.1, 0.15) is 5.75 Å². The van der Waals surface area contributed by atoms with E-state index in [0.29, 0.717) is 12.3 Å². The summed E-state index contributed by atoms with van der Waals surface area (Å²) in [5.41, 5.74) is 7.05. The molecular formula is C16H24N2O2. The van der Waals surface area contributed by atoms with Crippen LogP contribution < -0.4 is 5.73 Å². The molecule has 2 rings (SSSR count). The van der Waals surface area contributed by atoms with Crippen LogP contribution in [0.15, 0.2) is 24.3 Å². The lowest BCUT2D eigenvalue weighted by Crippen LogP contribution is -2.52. The highest BCUT2D eigenvalue weighted by Gasteiger charge is 2.29. The predicted molar refractivity (Wildman–Crippen MR) is 79.4 cm³/mol. The molecule has 0 saturated carbocycles. The molecule has 1 aliphatic heterocycles. The lowest BCUT2D eigenvalue weighted by molar-refractivity contribution is -0.136. The SMILES string of the molecule is CC1CCC(C)N(C(=O)C(N)Cc2ccc(O)cc2)C1. The highest BCUT2D eigenvalue weighted by atomic mass is 16.3. The Labute approximate surface area is 120 Å². The molecule has 1 amide bonds. The van der Waals surface area contributed by atoms with E-state index in [4.69, 9.17) is 5.73 Å². The molecule has 0 aliphatic carbocycles. The van der Waals surface area contributed by atoms with Crippen LogP contribution in [0, 0.1) is 5.92 Å². The number of amides is 1. The van der Waals surface area contributed by atoms with Gasteiger partial charge in [-0.1, -0.05) is 19.1 Å². The van der Waals surface area contributed by atoms with Crippen molar-refractivity contribution in [3.8, 4) is 5.75 Å². The maximum absolute atomic E-state index is 12.5. The van der Waals surface area contributed by atoms with E-state index in [2.05, 4.69) is 13.8 Å². The minimum absolute atomic E-state index is 0.0390. The van der Waals surface area contributed by atoms with Gasteiger partial charge in [-0.3, -0.25) is 4.79 Å². The first-order valence-corrected chi connectivity index (χ1v) is 7.31. The Hall–Kier alpha value is -1.55. The molecule has 1 aromatic carbocycles. The van der Waals surface area contributed by atoms with Crippen molar-refractivity contribution in [2.24, 2.45) is 11.7 Å². The second-order valence-corrected chi connectivity index (χ2v) is 6.00. The molecule has 0 bridgehead atoms. The van der Waals surface area contributed by atoms with Crippen molar-refractivity contribution < 1.29 is 9.90 Å². The molecular weight excluding hydrogens is 252 g/mol. The van der Waals surface area contributed by atoms with Crippen LogP contribution in [-0.4, -0.2) is 34.5 Å². The van der Waals surface area contributed by atoms with Gasteiger partial charge in [-0.25, -0.2) is 0 Å². The number of benzene rings is 1. The molecule has 3 atom stereocenters. The number of likely N-dealkylation sites (tertiary alicyclic amines) is 1. The van der Waals surface area contributed by atoms with Crippen molar-refractivity contribution in [2.45, 2.75) is 45.2 Å². The number of phenolic OH excluding ortho intramolecular Hbond substituents is 1. The lowest BCUT2D eigenvalue weighted by Gasteiger charge is -2.38. The first-order valence-electron chi connectivity index (χ1n) is 7.31. The Morgan fingerprint density at radius 1 is 1.35 bits per heavy atom. The molecule has 1 fully saturated rings. The molecule has 110 valence electrons. The monoisotopic (exact) mass is 276 g/mol. The fraction of sp³-hybridized carbons (Fsp3) is 0.562. The van der Waals surface area contributed by atoms with Gasteiger partial charge in [0.25, 0.3) is 0 Å². The van der Waals surface area contributed by atoms with Crippen molar-refractivity contribution in [3.63, 3.8) is 0 Å². The summed E-state index contributed by atoms with van der Waals surface area (Å²) in [7, 11) is 0. The number of phenols is 1. The van der Waals surface area contributed by atoms with Gasteiger partial charge in [-0.2, -0.15) is 0 Å². The largest absolute Gasteiger partial charge is 0.508 e. The molecule has 1 aromatic rings. The van der Waals surface area contributed by atoms with Gasteiger partial charge in [0.2, 0.25) is 5.91 Å². The van der Waals surface area contributed by atoms with Crippen LogP contribution in [-0.2, 0) is 11.2 Å². The third-order valence-corrected chi connectivity index (χ3v) is 4.11. The zero-order chi connectivity index (χ0) is 14.7. The van der Waals surface area contributed by atoms with E-state index in [1.165, 1.54) is 6.42 Å². The van der Waals surface area contributed by atoms with E-state index in [1.54, 1.807) is 12.1 Å². The molecule has 0 aromatic heterocycles. The Bertz CT molecular complexity index is 458. The summed E-state index contributed by atoms with van der Waals surface area (Å²) in [4.78, 5) is 14.4. The molecule has 4 nitrogen and oxygen atoms in total. The number of hydrogen-bond acceptors (Lipinski definition) is 3. The number of carbonyl (C=O) groups excluding carboxylic acids is 1. The molecule has 1 saturated heterocycles. The molecule has 1 aliphatic rings. The van der Waals surface area contributed by atoms with Gasteiger partial charge < -0.3 is 15.7 Å². The van der Waals surface area contributed by atoms with Crippen molar-refractivity contribution in [1.82, 2.24) is 4.90 Å². The standard InChI is InChI=1S/C16H24N2O2/c1-11-3-4-12(2)18(10-11)16(20)15(17)9-13-5-7-14(19)8-6-13/h5-8,11-12,15,19H,3-4,9-10,17H2,1-2H3. The minimum Gasteiger partial charge on any atom is -0.508 e. The van der Waals surface area contributed by atoms with E-state index in [9.17, 15) is 9.90 Å². The van der Waals surface area contributed by atoms with Crippen LogP contribution in [0.5, 0.6) is 5.75 Å². The van der Waals surface area contributed by atoms with Crippen molar-refractivity contribution in [1.29, 1.82) is 0 Å². The van der Waals surface area contributed by atoms with Gasteiger partial charge in [0, 0.05) is 12.6 Å². The zero-order valence-electron chi connectivity index (χ0n) is 12.2. The van der Waals surface area contributed by atoms with E-state index in [1.807, 2.05) is 17.0 Å². The number of rotatable bonds is 3. The van der Waals surface area contributed by atoms with E-state index in [-0.39, 0.29) is 17.7 Å². The number of piperidine rings is 1. The average molecular weight is 276 g/mol. The van der Waals surface area contributed by atoms with Crippen molar-refractivity contribution in [2.75, 3.05) is 6.54 Å². The molecule has 0 spiro atoms. The Morgan fingerprint density at radius 3 is 2.65 bits per heavy atom. The van der Waals surface area contributed by atoms with Gasteiger partial charge in [-0.05, 0) is 49.8 Å². The summed E-state index contributed by atoms with van der Waals surface area (Å²) in [5.74, 6) is 0.820. The smallest absolute Gasteiger partial charge is 0.240 e. The summed E-state index contributed by atoms with van der Waals surface area (Å²) in [6.07, 6.45) is 2.74. The number of aromatic hydroxyl groups is 1. The minimum atomic E-state index is -0.507. The number of carbonyl (C=O) groups is 1. The lowest BCUT2D eigenvalue weighted by atomic mass is 9.94. The van der Waals surface area contributed by atoms with Gasteiger partial charge in [0.05, 0.1) is 6.04 Å².